The monoisotopic (exact) mass is 201 g/mol. The lowest BCUT2D eigenvalue weighted by atomic mass is 10.1. The van der Waals surface area contributed by atoms with Crippen LogP contribution in [0.3, 0.4) is 0 Å². The Bertz CT molecular complexity index is 106. The van der Waals surface area contributed by atoms with Crippen LogP contribution >= 0.6 is 0 Å². The summed E-state index contributed by atoms with van der Waals surface area (Å²) in [6.07, 6.45) is 4.98. The summed E-state index contributed by atoms with van der Waals surface area (Å²) in [5.41, 5.74) is 0. The van der Waals surface area contributed by atoms with Crippen molar-refractivity contribution < 1.29 is 4.74 Å². The van der Waals surface area contributed by atoms with Crippen molar-refractivity contribution in [2.45, 2.75) is 46.5 Å². The third-order valence-electron chi connectivity index (χ3n) is 2.33. The summed E-state index contributed by atoms with van der Waals surface area (Å²) in [6.45, 7) is 10.7. The third kappa shape index (κ3) is 10.0. The predicted octanol–water partition coefficient (Wildman–Crippen LogP) is 2.83. The molecule has 0 saturated heterocycles. The maximum absolute atomic E-state index is 5.60. The van der Waals surface area contributed by atoms with Crippen LogP contribution in [-0.2, 0) is 4.74 Å². The number of hydrogen-bond acceptors (Lipinski definition) is 2. The van der Waals surface area contributed by atoms with Gasteiger partial charge in [0, 0.05) is 13.2 Å². The van der Waals surface area contributed by atoms with Crippen molar-refractivity contribution in [3.63, 3.8) is 0 Å². The van der Waals surface area contributed by atoms with Crippen LogP contribution in [0.15, 0.2) is 0 Å². The standard InChI is InChI=1S/C12H27NO/c1-4-8-12(3)11-14-10-7-6-9-13-5-2/h12-13H,4-11H2,1-3H3. The topological polar surface area (TPSA) is 21.3 Å². The van der Waals surface area contributed by atoms with Gasteiger partial charge in [0.15, 0.2) is 0 Å². The van der Waals surface area contributed by atoms with Gasteiger partial charge in [-0.15, -0.1) is 0 Å². The van der Waals surface area contributed by atoms with Crippen LogP contribution in [0.1, 0.15) is 46.5 Å². The van der Waals surface area contributed by atoms with E-state index in [9.17, 15) is 0 Å². The molecule has 1 unspecified atom stereocenters. The van der Waals surface area contributed by atoms with E-state index in [1.54, 1.807) is 0 Å². The zero-order valence-corrected chi connectivity index (χ0v) is 10.1. The second-order valence-electron chi connectivity index (χ2n) is 4.03. The minimum atomic E-state index is 0.730. The van der Waals surface area contributed by atoms with Crippen LogP contribution in [0.5, 0.6) is 0 Å². The average Bonchev–Trinajstić information content (AvgIpc) is 2.17. The zero-order valence-electron chi connectivity index (χ0n) is 10.1. The van der Waals surface area contributed by atoms with Crippen LogP contribution in [0, 0.1) is 5.92 Å². The van der Waals surface area contributed by atoms with E-state index in [4.69, 9.17) is 4.74 Å². The summed E-state index contributed by atoms with van der Waals surface area (Å²) < 4.78 is 5.60. The molecule has 0 saturated carbocycles. The summed E-state index contributed by atoms with van der Waals surface area (Å²) in [6, 6.07) is 0. The van der Waals surface area contributed by atoms with Gasteiger partial charge in [-0.1, -0.05) is 27.2 Å². The number of unbranched alkanes of at least 4 members (excludes halogenated alkanes) is 1. The van der Waals surface area contributed by atoms with E-state index < -0.39 is 0 Å². The molecule has 0 spiro atoms. The average molecular weight is 201 g/mol. The fraction of sp³-hybridized carbons (Fsp3) is 1.00. The van der Waals surface area contributed by atoms with Gasteiger partial charge in [0.1, 0.15) is 0 Å². The predicted molar refractivity (Wildman–Crippen MR) is 62.7 cm³/mol. The Hall–Kier alpha value is -0.0800. The summed E-state index contributed by atoms with van der Waals surface area (Å²) in [5.74, 6) is 0.730. The van der Waals surface area contributed by atoms with E-state index in [0.717, 1.165) is 32.2 Å². The molecule has 1 N–H and O–H groups in total. The van der Waals surface area contributed by atoms with E-state index in [-0.39, 0.29) is 0 Å². The number of nitrogens with one attached hydrogen (secondary N) is 1. The molecule has 2 nitrogen and oxygen atoms in total. The van der Waals surface area contributed by atoms with Crippen molar-refractivity contribution in [2.24, 2.45) is 5.92 Å². The smallest absolute Gasteiger partial charge is 0.0491 e. The van der Waals surface area contributed by atoms with Gasteiger partial charge in [0.05, 0.1) is 0 Å². The molecule has 1 atom stereocenters. The third-order valence-corrected chi connectivity index (χ3v) is 2.33. The van der Waals surface area contributed by atoms with E-state index in [0.29, 0.717) is 0 Å². The van der Waals surface area contributed by atoms with Crippen molar-refractivity contribution in [3.8, 4) is 0 Å². The molecule has 14 heavy (non-hydrogen) atoms. The molecule has 0 aromatic rings. The van der Waals surface area contributed by atoms with Crippen LogP contribution in [0.25, 0.3) is 0 Å². The second kappa shape index (κ2) is 11.0. The number of ether oxygens (including phenoxy) is 1. The van der Waals surface area contributed by atoms with Crippen LogP contribution in [-0.4, -0.2) is 26.3 Å². The highest BCUT2D eigenvalue weighted by Crippen LogP contribution is 2.05. The Morgan fingerprint density at radius 2 is 2.00 bits per heavy atom. The fourth-order valence-electron chi connectivity index (χ4n) is 1.49. The van der Waals surface area contributed by atoms with Gasteiger partial charge in [-0.25, -0.2) is 0 Å². The Balaban J connectivity index is 2.98. The molecule has 0 fully saturated rings. The number of rotatable bonds is 10. The molecule has 0 aliphatic carbocycles. The van der Waals surface area contributed by atoms with Crippen molar-refractivity contribution in [1.82, 2.24) is 5.32 Å². The lowest BCUT2D eigenvalue weighted by Gasteiger charge is -2.10. The Morgan fingerprint density at radius 1 is 1.21 bits per heavy atom. The molecule has 0 aromatic heterocycles. The van der Waals surface area contributed by atoms with Crippen molar-refractivity contribution in [3.05, 3.63) is 0 Å². The highest BCUT2D eigenvalue weighted by molar-refractivity contribution is 4.50. The van der Waals surface area contributed by atoms with Crippen molar-refractivity contribution in [1.29, 1.82) is 0 Å². The minimum Gasteiger partial charge on any atom is -0.381 e. The van der Waals surface area contributed by atoms with Gasteiger partial charge in [-0.3, -0.25) is 0 Å². The van der Waals surface area contributed by atoms with E-state index >= 15 is 0 Å². The Kier molecular flexibility index (Phi) is 10.9. The molecule has 0 rings (SSSR count). The zero-order chi connectivity index (χ0) is 10.6. The van der Waals surface area contributed by atoms with Gasteiger partial charge in [0.2, 0.25) is 0 Å². The van der Waals surface area contributed by atoms with Gasteiger partial charge in [-0.2, -0.15) is 0 Å². The van der Waals surface area contributed by atoms with E-state index in [1.807, 2.05) is 0 Å². The quantitative estimate of drug-likeness (QED) is 0.549. The lowest BCUT2D eigenvalue weighted by Crippen LogP contribution is -2.14. The molecule has 0 bridgehead atoms. The first kappa shape index (κ1) is 13.9. The summed E-state index contributed by atoms with van der Waals surface area (Å²) in [5, 5.41) is 3.31. The molecular weight excluding hydrogens is 174 g/mol. The minimum absolute atomic E-state index is 0.730. The first-order chi connectivity index (χ1) is 6.81. The van der Waals surface area contributed by atoms with Gasteiger partial charge in [0.25, 0.3) is 0 Å². The second-order valence-corrected chi connectivity index (χ2v) is 4.03. The molecule has 0 aliphatic heterocycles. The van der Waals surface area contributed by atoms with E-state index in [2.05, 4.69) is 26.1 Å². The Labute approximate surface area is 89.4 Å². The van der Waals surface area contributed by atoms with Gasteiger partial charge >= 0.3 is 0 Å². The van der Waals surface area contributed by atoms with Crippen LogP contribution in [0.4, 0.5) is 0 Å². The van der Waals surface area contributed by atoms with Crippen LogP contribution < -0.4 is 5.32 Å². The summed E-state index contributed by atoms with van der Waals surface area (Å²) in [4.78, 5) is 0. The molecule has 2 heteroatoms. The maximum Gasteiger partial charge on any atom is 0.0491 e. The molecule has 86 valence electrons. The lowest BCUT2D eigenvalue weighted by molar-refractivity contribution is 0.0987. The molecular formula is C12H27NO. The first-order valence-corrected chi connectivity index (χ1v) is 6.09. The van der Waals surface area contributed by atoms with E-state index in [1.165, 1.54) is 25.7 Å². The fourth-order valence-corrected chi connectivity index (χ4v) is 1.49. The normalized spacial score (nSPS) is 13.1. The highest BCUT2D eigenvalue weighted by atomic mass is 16.5. The molecule has 0 aromatic carbocycles. The van der Waals surface area contributed by atoms with Crippen molar-refractivity contribution >= 4 is 0 Å². The van der Waals surface area contributed by atoms with Gasteiger partial charge < -0.3 is 10.1 Å². The molecule has 0 aliphatic rings. The number of hydrogen-bond donors (Lipinski definition) is 1. The van der Waals surface area contributed by atoms with Gasteiger partial charge in [-0.05, 0) is 38.3 Å². The van der Waals surface area contributed by atoms with Crippen LogP contribution in [0.2, 0.25) is 0 Å². The summed E-state index contributed by atoms with van der Waals surface area (Å²) >= 11 is 0. The largest absolute Gasteiger partial charge is 0.381 e. The first-order valence-electron chi connectivity index (χ1n) is 6.09. The molecule has 0 heterocycles. The Morgan fingerprint density at radius 3 is 2.64 bits per heavy atom. The SMILES string of the molecule is CCCC(C)COCCCCNCC. The molecule has 0 radical (unpaired) electrons. The molecule has 0 amide bonds. The summed E-state index contributed by atoms with van der Waals surface area (Å²) in [7, 11) is 0. The van der Waals surface area contributed by atoms with Crippen molar-refractivity contribution in [2.75, 3.05) is 26.3 Å². The maximum atomic E-state index is 5.60. The highest BCUT2D eigenvalue weighted by Gasteiger charge is 1.99.